The standard InChI is InChI=1S/C19H18F4N2O3S/c1-17(2)13-7-8-18(17,10-28-29(26,27)19(21,22)23)16-12(13)9-15(24-25-16)11-5-3-4-6-14(11)20/h3-6,9,13H,7-8,10H2,1-2H3/t13-,18-/m1/s1. The zero-order valence-electron chi connectivity index (χ0n) is 15.6. The smallest absolute Gasteiger partial charge is 0.262 e. The minimum absolute atomic E-state index is 0.0734. The van der Waals surface area contributed by atoms with Gasteiger partial charge >= 0.3 is 15.6 Å². The van der Waals surface area contributed by atoms with Gasteiger partial charge in [-0.3, -0.25) is 4.18 Å². The van der Waals surface area contributed by atoms with E-state index in [1.54, 1.807) is 24.3 Å². The largest absolute Gasteiger partial charge is 0.523 e. The summed E-state index contributed by atoms with van der Waals surface area (Å²) in [6.45, 7) is 3.05. The first-order valence-electron chi connectivity index (χ1n) is 8.99. The van der Waals surface area contributed by atoms with Crippen molar-refractivity contribution >= 4 is 10.1 Å². The van der Waals surface area contributed by atoms with Crippen molar-refractivity contribution in [3.8, 4) is 11.3 Å². The van der Waals surface area contributed by atoms with Crippen molar-refractivity contribution in [1.29, 1.82) is 0 Å². The molecular formula is C19H18F4N2O3S. The fraction of sp³-hybridized carbons (Fsp3) is 0.474. The Labute approximate surface area is 165 Å². The minimum Gasteiger partial charge on any atom is -0.262 e. The van der Waals surface area contributed by atoms with Crippen molar-refractivity contribution in [3.05, 3.63) is 47.4 Å². The normalized spacial score (nSPS) is 25.2. The first-order valence-corrected chi connectivity index (χ1v) is 10.4. The summed E-state index contributed by atoms with van der Waals surface area (Å²) in [4.78, 5) is 0. The summed E-state index contributed by atoms with van der Waals surface area (Å²) in [6.07, 6.45) is 1.07. The predicted octanol–water partition coefficient (Wildman–Crippen LogP) is 4.30. The molecule has 10 heteroatoms. The van der Waals surface area contributed by atoms with Crippen molar-refractivity contribution in [1.82, 2.24) is 10.2 Å². The number of fused-ring (bicyclic) bond motifs is 5. The first kappa shape index (κ1) is 20.2. The summed E-state index contributed by atoms with van der Waals surface area (Å²) in [5.74, 6) is -0.533. The third-order valence-corrected chi connectivity index (χ3v) is 7.51. The average molecular weight is 430 g/mol. The number of aromatic nitrogens is 2. The van der Waals surface area contributed by atoms with Crippen LogP contribution in [0.4, 0.5) is 17.6 Å². The Morgan fingerprint density at radius 3 is 2.55 bits per heavy atom. The SMILES string of the molecule is CC1(C)[C@@H]2CC[C@@]1(COS(=O)(=O)C(F)(F)F)c1nnc(-c3ccccc3F)cc12. The molecule has 0 aliphatic heterocycles. The van der Waals surface area contributed by atoms with Crippen molar-refractivity contribution in [3.63, 3.8) is 0 Å². The van der Waals surface area contributed by atoms with E-state index >= 15 is 0 Å². The predicted molar refractivity (Wildman–Crippen MR) is 95.8 cm³/mol. The molecule has 2 aliphatic rings. The van der Waals surface area contributed by atoms with Crippen LogP contribution in [0.5, 0.6) is 0 Å². The Morgan fingerprint density at radius 1 is 1.21 bits per heavy atom. The van der Waals surface area contributed by atoms with E-state index in [1.807, 2.05) is 13.8 Å². The molecular weight excluding hydrogens is 412 g/mol. The maximum absolute atomic E-state index is 14.1. The van der Waals surface area contributed by atoms with Crippen LogP contribution in [0.15, 0.2) is 30.3 Å². The lowest BCUT2D eigenvalue weighted by molar-refractivity contribution is -0.0566. The molecule has 1 aromatic carbocycles. The Balaban J connectivity index is 1.76. The van der Waals surface area contributed by atoms with E-state index in [0.29, 0.717) is 24.2 Å². The Hall–Kier alpha value is -2.07. The number of hydrogen-bond acceptors (Lipinski definition) is 5. The maximum atomic E-state index is 14.1. The highest BCUT2D eigenvalue weighted by molar-refractivity contribution is 7.87. The Bertz CT molecular complexity index is 1090. The zero-order valence-corrected chi connectivity index (χ0v) is 16.4. The molecule has 0 saturated heterocycles. The molecule has 2 aliphatic carbocycles. The summed E-state index contributed by atoms with van der Waals surface area (Å²) in [7, 11) is -5.72. The molecule has 5 nitrogen and oxygen atoms in total. The van der Waals surface area contributed by atoms with Crippen LogP contribution in [0.25, 0.3) is 11.3 Å². The lowest BCUT2D eigenvalue weighted by atomic mass is 9.69. The molecule has 156 valence electrons. The molecule has 1 fully saturated rings. The van der Waals surface area contributed by atoms with Gasteiger partial charge in [-0.1, -0.05) is 26.0 Å². The van der Waals surface area contributed by atoms with Crippen molar-refractivity contribution < 1.29 is 30.2 Å². The minimum atomic E-state index is -5.72. The van der Waals surface area contributed by atoms with Crippen molar-refractivity contribution in [2.75, 3.05) is 6.61 Å². The highest BCUT2D eigenvalue weighted by Gasteiger charge is 2.64. The highest BCUT2D eigenvalue weighted by Crippen LogP contribution is 2.67. The first-order chi connectivity index (χ1) is 13.4. The number of nitrogens with zero attached hydrogens (tertiary/aromatic N) is 2. The maximum Gasteiger partial charge on any atom is 0.523 e. The Morgan fingerprint density at radius 2 is 1.90 bits per heavy atom. The lowest BCUT2D eigenvalue weighted by Gasteiger charge is -2.37. The second-order valence-electron chi connectivity index (χ2n) is 8.07. The third kappa shape index (κ3) is 2.79. The number of rotatable bonds is 4. The average Bonchev–Trinajstić information content (AvgIpc) is 3.00. The molecule has 1 saturated carbocycles. The quantitative estimate of drug-likeness (QED) is 0.411. The summed E-state index contributed by atoms with van der Waals surface area (Å²) in [5, 5.41) is 8.30. The molecule has 2 bridgehead atoms. The number of alkyl halides is 3. The lowest BCUT2D eigenvalue weighted by Crippen LogP contribution is -2.42. The number of halogens is 4. The van der Waals surface area contributed by atoms with Gasteiger partial charge in [0.25, 0.3) is 0 Å². The second-order valence-corrected chi connectivity index (χ2v) is 9.68. The third-order valence-electron chi connectivity index (χ3n) is 6.51. The molecule has 1 heterocycles. The van der Waals surface area contributed by atoms with Crippen LogP contribution in [0, 0.1) is 11.2 Å². The van der Waals surface area contributed by atoms with Crippen LogP contribution in [-0.2, 0) is 19.7 Å². The molecule has 2 atom stereocenters. The van der Waals surface area contributed by atoms with Gasteiger partial charge < -0.3 is 0 Å². The van der Waals surface area contributed by atoms with Gasteiger partial charge in [0.05, 0.1) is 18.0 Å². The van der Waals surface area contributed by atoms with E-state index < -0.39 is 38.9 Å². The van der Waals surface area contributed by atoms with Crippen LogP contribution in [0.1, 0.15) is 43.9 Å². The van der Waals surface area contributed by atoms with Gasteiger partial charge in [-0.25, -0.2) is 4.39 Å². The van der Waals surface area contributed by atoms with Crippen LogP contribution < -0.4 is 0 Å². The second kappa shape index (κ2) is 6.21. The fourth-order valence-electron chi connectivity index (χ4n) is 4.79. The molecule has 2 aromatic rings. The molecule has 4 rings (SSSR count). The van der Waals surface area contributed by atoms with Gasteiger partial charge in [-0.15, -0.1) is 0 Å². The van der Waals surface area contributed by atoms with Crippen molar-refractivity contribution in [2.24, 2.45) is 5.41 Å². The van der Waals surface area contributed by atoms with E-state index in [4.69, 9.17) is 0 Å². The number of benzene rings is 1. The summed E-state index contributed by atoms with van der Waals surface area (Å²) >= 11 is 0. The zero-order chi connectivity index (χ0) is 21.2. The van der Waals surface area contributed by atoms with E-state index in [2.05, 4.69) is 14.4 Å². The van der Waals surface area contributed by atoms with Gasteiger partial charge in [0.15, 0.2) is 0 Å². The van der Waals surface area contributed by atoms with Gasteiger partial charge in [0.2, 0.25) is 0 Å². The molecule has 0 N–H and O–H groups in total. The fourth-order valence-corrected chi connectivity index (χ4v) is 5.28. The molecule has 0 amide bonds. The van der Waals surface area contributed by atoms with Gasteiger partial charge in [-0.2, -0.15) is 31.8 Å². The highest BCUT2D eigenvalue weighted by atomic mass is 32.2. The van der Waals surface area contributed by atoms with Crippen LogP contribution in [-0.4, -0.2) is 30.7 Å². The molecule has 1 aromatic heterocycles. The van der Waals surface area contributed by atoms with Gasteiger partial charge in [0, 0.05) is 11.0 Å². The van der Waals surface area contributed by atoms with Crippen LogP contribution in [0.3, 0.4) is 0 Å². The summed E-state index contributed by atoms with van der Waals surface area (Å²) in [6, 6.07) is 7.79. The molecule has 29 heavy (non-hydrogen) atoms. The monoisotopic (exact) mass is 430 g/mol. The van der Waals surface area contributed by atoms with E-state index in [1.165, 1.54) is 6.07 Å². The summed E-state index contributed by atoms with van der Waals surface area (Å²) < 4.78 is 79.7. The Kier molecular flexibility index (Phi) is 4.33. The van der Waals surface area contributed by atoms with E-state index in [0.717, 1.165) is 5.56 Å². The van der Waals surface area contributed by atoms with Gasteiger partial charge in [-0.05, 0) is 47.9 Å². The van der Waals surface area contributed by atoms with E-state index in [-0.39, 0.29) is 11.5 Å². The topological polar surface area (TPSA) is 69.2 Å². The van der Waals surface area contributed by atoms with Gasteiger partial charge in [0.1, 0.15) is 5.82 Å². The van der Waals surface area contributed by atoms with E-state index in [9.17, 15) is 26.0 Å². The molecule has 0 unspecified atom stereocenters. The number of hydrogen-bond donors (Lipinski definition) is 0. The van der Waals surface area contributed by atoms with Crippen LogP contribution >= 0.6 is 0 Å². The summed E-state index contributed by atoms with van der Waals surface area (Å²) in [5.41, 5.74) is -5.34. The van der Waals surface area contributed by atoms with Crippen LogP contribution in [0.2, 0.25) is 0 Å². The van der Waals surface area contributed by atoms with Crippen molar-refractivity contribution in [2.45, 2.75) is 43.5 Å². The molecule has 0 radical (unpaired) electrons. The molecule has 0 spiro atoms.